The molecule has 1 aliphatic heterocycles. The first kappa shape index (κ1) is 17.6. The van der Waals surface area contributed by atoms with E-state index in [1.165, 1.54) is 22.4 Å². The highest BCUT2D eigenvalue weighted by atomic mass is 16.5. The molecule has 0 spiro atoms. The van der Waals surface area contributed by atoms with Crippen molar-refractivity contribution in [2.45, 2.75) is 20.4 Å². The Bertz CT molecular complexity index is 697. The Kier molecular flexibility index (Phi) is 5.77. The number of rotatable bonds is 6. The summed E-state index contributed by atoms with van der Waals surface area (Å²) in [6.45, 7) is 13.9. The molecule has 3 nitrogen and oxygen atoms in total. The Labute approximate surface area is 151 Å². The number of ether oxygens (including phenoxy) is 1. The van der Waals surface area contributed by atoms with Crippen LogP contribution in [0.4, 0.5) is 5.69 Å². The smallest absolute Gasteiger partial charge is 0.124 e. The highest BCUT2D eigenvalue weighted by molar-refractivity contribution is 5.59. The van der Waals surface area contributed by atoms with Crippen LogP contribution in [-0.4, -0.2) is 37.7 Å². The van der Waals surface area contributed by atoms with E-state index < -0.39 is 0 Å². The quantitative estimate of drug-likeness (QED) is 0.736. The van der Waals surface area contributed by atoms with E-state index in [4.69, 9.17) is 4.74 Å². The zero-order valence-corrected chi connectivity index (χ0v) is 15.4. The largest absolute Gasteiger partial charge is 0.489 e. The first-order valence-corrected chi connectivity index (χ1v) is 9.04. The lowest BCUT2D eigenvalue weighted by atomic mass is 10.1. The fourth-order valence-electron chi connectivity index (χ4n) is 3.60. The van der Waals surface area contributed by atoms with Crippen LogP contribution in [-0.2, 0) is 6.54 Å². The molecule has 25 heavy (non-hydrogen) atoms. The Hall–Kier alpha value is -2.26. The molecule has 0 N–H and O–H groups in total. The number of hydrogen-bond donors (Lipinski definition) is 0. The van der Waals surface area contributed by atoms with Crippen molar-refractivity contribution in [3.63, 3.8) is 0 Å². The van der Waals surface area contributed by atoms with E-state index in [0.29, 0.717) is 6.61 Å². The second-order valence-corrected chi connectivity index (χ2v) is 6.71. The van der Waals surface area contributed by atoms with Crippen LogP contribution in [0.15, 0.2) is 55.1 Å². The summed E-state index contributed by atoms with van der Waals surface area (Å²) in [5.74, 6) is 0.972. The lowest BCUT2D eigenvalue weighted by Gasteiger charge is -2.37. The first-order chi connectivity index (χ1) is 12.2. The van der Waals surface area contributed by atoms with E-state index in [1.54, 1.807) is 6.08 Å². The number of para-hydroxylation sites is 2. The molecule has 132 valence electrons. The van der Waals surface area contributed by atoms with Crippen molar-refractivity contribution < 1.29 is 4.74 Å². The van der Waals surface area contributed by atoms with Crippen molar-refractivity contribution in [2.75, 3.05) is 37.7 Å². The molecule has 0 unspecified atom stereocenters. The van der Waals surface area contributed by atoms with Crippen LogP contribution in [0.5, 0.6) is 5.75 Å². The third-order valence-corrected chi connectivity index (χ3v) is 4.85. The minimum Gasteiger partial charge on any atom is -0.489 e. The fourth-order valence-corrected chi connectivity index (χ4v) is 3.60. The molecular weight excluding hydrogens is 308 g/mol. The summed E-state index contributed by atoms with van der Waals surface area (Å²) in [5.41, 5.74) is 5.41. The zero-order valence-electron chi connectivity index (χ0n) is 15.4. The van der Waals surface area contributed by atoms with Gasteiger partial charge in [-0.1, -0.05) is 49.1 Å². The first-order valence-electron chi connectivity index (χ1n) is 9.04. The van der Waals surface area contributed by atoms with Gasteiger partial charge in [0.15, 0.2) is 0 Å². The van der Waals surface area contributed by atoms with Crippen molar-refractivity contribution in [3.05, 3.63) is 71.8 Å². The maximum absolute atomic E-state index is 5.79. The molecule has 1 heterocycles. The second kappa shape index (κ2) is 8.21. The van der Waals surface area contributed by atoms with E-state index in [9.17, 15) is 0 Å². The van der Waals surface area contributed by atoms with Crippen molar-refractivity contribution >= 4 is 5.69 Å². The third-order valence-electron chi connectivity index (χ3n) is 4.85. The highest BCUT2D eigenvalue weighted by Crippen LogP contribution is 2.26. The SMILES string of the molecule is C=CCOc1ccccc1CN1CCN(c2c(C)cccc2C)CC1. The van der Waals surface area contributed by atoms with E-state index in [-0.39, 0.29) is 0 Å². The van der Waals surface area contributed by atoms with E-state index >= 15 is 0 Å². The van der Waals surface area contributed by atoms with Gasteiger partial charge in [-0.25, -0.2) is 0 Å². The highest BCUT2D eigenvalue weighted by Gasteiger charge is 2.20. The summed E-state index contributed by atoms with van der Waals surface area (Å²) in [7, 11) is 0. The van der Waals surface area contributed by atoms with Gasteiger partial charge in [-0.05, 0) is 31.0 Å². The van der Waals surface area contributed by atoms with Gasteiger partial charge in [-0.2, -0.15) is 0 Å². The molecule has 0 aliphatic carbocycles. The minimum atomic E-state index is 0.553. The minimum absolute atomic E-state index is 0.553. The van der Waals surface area contributed by atoms with E-state index in [1.807, 2.05) is 12.1 Å². The second-order valence-electron chi connectivity index (χ2n) is 6.71. The topological polar surface area (TPSA) is 15.7 Å². The lowest BCUT2D eigenvalue weighted by Crippen LogP contribution is -2.46. The summed E-state index contributed by atoms with van der Waals surface area (Å²) >= 11 is 0. The van der Waals surface area contributed by atoms with Crippen LogP contribution < -0.4 is 9.64 Å². The Morgan fingerprint density at radius 3 is 2.32 bits per heavy atom. The average molecular weight is 336 g/mol. The molecule has 1 saturated heterocycles. The molecule has 1 fully saturated rings. The molecule has 2 aromatic carbocycles. The summed E-state index contributed by atoms with van der Waals surface area (Å²) in [4.78, 5) is 5.04. The molecule has 0 saturated carbocycles. The predicted octanol–water partition coefficient (Wildman–Crippen LogP) is 4.19. The number of aryl methyl sites for hydroxylation is 2. The molecule has 2 aromatic rings. The van der Waals surface area contributed by atoms with Crippen LogP contribution in [0.1, 0.15) is 16.7 Å². The van der Waals surface area contributed by atoms with E-state index in [2.05, 4.69) is 60.6 Å². The van der Waals surface area contributed by atoms with Gasteiger partial charge in [0.2, 0.25) is 0 Å². The van der Waals surface area contributed by atoms with Gasteiger partial charge in [-0.3, -0.25) is 4.90 Å². The summed E-state index contributed by atoms with van der Waals surface area (Å²) in [5, 5.41) is 0. The van der Waals surface area contributed by atoms with Crippen molar-refractivity contribution in [1.82, 2.24) is 4.90 Å². The third kappa shape index (κ3) is 4.23. The Balaban J connectivity index is 1.63. The summed E-state index contributed by atoms with van der Waals surface area (Å²) in [6.07, 6.45) is 1.79. The number of benzene rings is 2. The van der Waals surface area contributed by atoms with Crippen LogP contribution in [0, 0.1) is 13.8 Å². The van der Waals surface area contributed by atoms with Gasteiger partial charge < -0.3 is 9.64 Å². The standard InChI is InChI=1S/C22H28N2O/c1-4-16-25-21-11-6-5-10-20(21)17-23-12-14-24(15-13-23)22-18(2)8-7-9-19(22)3/h4-11H,1,12-17H2,2-3H3. The molecule has 0 radical (unpaired) electrons. The van der Waals surface area contributed by atoms with Crippen LogP contribution in [0.25, 0.3) is 0 Å². The van der Waals surface area contributed by atoms with E-state index in [0.717, 1.165) is 38.5 Å². The predicted molar refractivity (Wildman–Crippen MR) is 106 cm³/mol. The van der Waals surface area contributed by atoms with Crippen molar-refractivity contribution in [1.29, 1.82) is 0 Å². The molecule has 1 aliphatic rings. The van der Waals surface area contributed by atoms with Crippen LogP contribution >= 0.6 is 0 Å². The Morgan fingerprint density at radius 1 is 0.960 bits per heavy atom. The normalized spacial score (nSPS) is 15.2. The molecule has 0 amide bonds. The molecule has 0 atom stereocenters. The van der Waals surface area contributed by atoms with Crippen molar-refractivity contribution in [3.8, 4) is 5.75 Å². The fraction of sp³-hybridized carbons (Fsp3) is 0.364. The van der Waals surface area contributed by atoms with Gasteiger partial charge in [0, 0.05) is 44.0 Å². The zero-order chi connectivity index (χ0) is 17.6. The molecular formula is C22H28N2O. The van der Waals surface area contributed by atoms with Gasteiger partial charge in [0.25, 0.3) is 0 Å². The average Bonchev–Trinajstić information content (AvgIpc) is 2.62. The van der Waals surface area contributed by atoms with Gasteiger partial charge in [-0.15, -0.1) is 0 Å². The number of nitrogens with zero attached hydrogens (tertiary/aromatic N) is 2. The molecule has 0 bridgehead atoms. The lowest BCUT2D eigenvalue weighted by molar-refractivity contribution is 0.244. The van der Waals surface area contributed by atoms with Crippen LogP contribution in [0.3, 0.4) is 0 Å². The number of piperazine rings is 1. The van der Waals surface area contributed by atoms with Crippen LogP contribution in [0.2, 0.25) is 0 Å². The van der Waals surface area contributed by atoms with Gasteiger partial charge in [0.05, 0.1) is 0 Å². The molecule has 3 rings (SSSR count). The maximum atomic E-state index is 5.79. The maximum Gasteiger partial charge on any atom is 0.124 e. The van der Waals surface area contributed by atoms with Crippen molar-refractivity contribution in [2.24, 2.45) is 0 Å². The Morgan fingerprint density at radius 2 is 1.64 bits per heavy atom. The monoisotopic (exact) mass is 336 g/mol. The molecule has 0 aromatic heterocycles. The summed E-state index contributed by atoms with van der Waals surface area (Å²) < 4.78 is 5.79. The number of anilines is 1. The number of hydrogen-bond acceptors (Lipinski definition) is 3. The molecule has 3 heteroatoms. The summed E-state index contributed by atoms with van der Waals surface area (Å²) in [6, 6.07) is 14.9. The van der Waals surface area contributed by atoms with Gasteiger partial charge >= 0.3 is 0 Å². The van der Waals surface area contributed by atoms with Gasteiger partial charge in [0.1, 0.15) is 12.4 Å².